The molecule has 2 fully saturated rings. The van der Waals surface area contributed by atoms with Gasteiger partial charge in [0.25, 0.3) is 0 Å². The molecule has 1 unspecified atom stereocenters. The van der Waals surface area contributed by atoms with E-state index in [1.165, 1.54) is 32.4 Å². The third-order valence-corrected chi connectivity index (χ3v) is 4.22. The van der Waals surface area contributed by atoms with Crippen LogP contribution in [0.25, 0.3) is 0 Å². The summed E-state index contributed by atoms with van der Waals surface area (Å²) < 4.78 is 0. The Labute approximate surface area is 135 Å². The van der Waals surface area contributed by atoms with E-state index in [-0.39, 0.29) is 36.8 Å². The minimum Gasteiger partial charge on any atom is -0.343 e. The average Bonchev–Trinajstić information content (AvgIpc) is 2.39. The van der Waals surface area contributed by atoms with Crippen LogP contribution in [0.15, 0.2) is 0 Å². The van der Waals surface area contributed by atoms with E-state index in [0.717, 1.165) is 25.9 Å². The molecule has 120 valence electrons. The third-order valence-electron chi connectivity index (χ3n) is 4.22. The Morgan fingerprint density at radius 3 is 2.15 bits per heavy atom. The van der Waals surface area contributed by atoms with Crippen LogP contribution in [-0.4, -0.2) is 54.0 Å². The van der Waals surface area contributed by atoms with Gasteiger partial charge in [-0.1, -0.05) is 6.42 Å². The molecular formula is C14H29Cl2N3O. The molecule has 0 saturated carbocycles. The number of amides is 1. The highest BCUT2D eigenvalue weighted by Gasteiger charge is 2.27. The second-order valence-corrected chi connectivity index (χ2v) is 5.89. The number of carbonyl (C=O) groups excluding carboxylic acids is 1. The summed E-state index contributed by atoms with van der Waals surface area (Å²) in [5.74, 6) is 0.238. The van der Waals surface area contributed by atoms with Crippen molar-refractivity contribution >= 4 is 30.7 Å². The summed E-state index contributed by atoms with van der Waals surface area (Å²) in [6.07, 6.45) is 6.87. The van der Waals surface area contributed by atoms with Gasteiger partial charge in [0.05, 0.1) is 0 Å². The fourth-order valence-corrected chi connectivity index (χ4v) is 3.17. The van der Waals surface area contributed by atoms with Gasteiger partial charge in [-0.15, -0.1) is 24.8 Å². The summed E-state index contributed by atoms with van der Waals surface area (Å²) in [6, 6.07) is 0.696. The van der Waals surface area contributed by atoms with Crippen LogP contribution < -0.4 is 5.73 Å². The second kappa shape index (κ2) is 9.82. The first kappa shape index (κ1) is 20.0. The second-order valence-electron chi connectivity index (χ2n) is 5.89. The summed E-state index contributed by atoms with van der Waals surface area (Å²) in [7, 11) is 0. The van der Waals surface area contributed by atoms with E-state index < -0.39 is 0 Å². The standard InChI is InChI=1S/C14H27N3O.2ClH/c1-12(15)11-14(18)17-9-5-13(6-10-17)16-7-3-2-4-8-16;;/h12-13H,2-11,15H2,1H3;2*1H. The smallest absolute Gasteiger partial charge is 0.224 e. The number of likely N-dealkylation sites (tertiary alicyclic amines) is 2. The topological polar surface area (TPSA) is 49.6 Å². The number of nitrogens with zero attached hydrogens (tertiary/aromatic N) is 2. The molecule has 6 heteroatoms. The monoisotopic (exact) mass is 325 g/mol. The van der Waals surface area contributed by atoms with Crippen molar-refractivity contribution in [3.63, 3.8) is 0 Å². The number of rotatable bonds is 3. The molecule has 2 saturated heterocycles. The summed E-state index contributed by atoms with van der Waals surface area (Å²) in [5.41, 5.74) is 5.69. The van der Waals surface area contributed by atoms with E-state index in [0.29, 0.717) is 12.5 Å². The number of carbonyl (C=O) groups is 1. The lowest BCUT2D eigenvalue weighted by atomic mass is 9.99. The first-order chi connectivity index (χ1) is 8.66. The molecule has 0 aromatic carbocycles. The van der Waals surface area contributed by atoms with E-state index in [4.69, 9.17) is 5.73 Å². The van der Waals surface area contributed by atoms with Crippen LogP contribution in [-0.2, 0) is 4.79 Å². The maximum Gasteiger partial charge on any atom is 0.224 e. The number of halogens is 2. The van der Waals surface area contributed by atoms with Gasteiger partial charge < -0.3 is 15.5 Å². The van der Waals surface area contributed by atoms with Gasteiger partial charge >= 0.3 is 0 Å². The number of piperidine rings is 2. The van der Waals surface area contributed by atoms with E-state index >= 15 is 0 Å². The Bertz CT molecular complexity index is 276. The minimum atomic E-state index is -0.0164. The van der Waals surface area contributed by atoms with Gasteiger partial charge in [0.1, 0.15) is 0 Å². The number of hydrogen-bond acceptors (Lipinski definition) is 3. The molecule has 0 aromatic heterocycles. The largest absolute Gasteiger partial charge is 0.343 e. The first-order valence-corrected chi connectivity index (χ1v) is 7.44. The van der Waals surface area contributed by atoms with Crippen molar-refractivity contribution in [3.05, 3.63) is 0 Å². The van der Waals surface area contributed by atoms with Gasteiger partial charge in [0.15, 0.2) is 0 Å². The van der Waals surface area contributed by atoms with E-state index in [1.807, 2.05) is 11.8 Å². The van der Waals surface area contributed by atoms with Gasteiger partial charge in [0, 0.05) is 31.6 Å². The maximum absolute atomic E-state index is 11.9. The van der Waals surface area contributed by atoms with E-state index in [1.54, 1.807) is 0 Å². The lowest BCUT2D eigenvalue weighted by molar-refractivity contribution is -0.133. The molecule has 1 atom stereocenters. The van der Waals surface area contributed by atoms with Crippen molar-refractivity contribution in [1.29, 1.82) is 0 Å². The Morgan fingerprint density at radius 2 is 1.65 bits per heavy atom. The molecule has 0 spiro atoms. The molecule has 2 rings (SSSR count). The zero-order chi connectivity index (χ0) is 13.0. The highest BCUT2D eigenvalue weighted by Crippen LogP contribution is 2.21. The van der Waals surface area contributed by atoms with Gasteiger partial charge in [-0.25, -0.2) is 0 Å². The predicted octanol–water partition coefficient (Wildman–Crippen LogP) is 2.04. The fourth-order valence-electron chi connectivity index (χ4n) is 3.17. The van der Waals surface area contributed by atoms with Crippen molar-refractivity contribution in [3.8, 4) is 0 Å². The van der Waals surface area contributed by atoms with E-state index in [2.05, 4.69) is 4.90 Å². The molecule has 2 heterocycles. The summed E-state index contributed by atoms with van der Waals surface area (Å²) >= 11 is 0. The highest BCUT2D eigenvalue weighted by molar-refractivity contribution is 5.85. The fraction of sp³-hybridized carbons (Fsp3) is 0.929. The third kappa shape index (κ3) is 5.76. The Balaban J connectivity index is 0.00000180. The van der Waals surface area contributed by atoms with Gasteiger partial charge in [0.2, 0.25) is 5.91 Å². The van der Waals surface area contributed by atoms with Gasteiger partial charge in [-0.05, 0) is 45.7 Å². The lowest BCUT2D eigenvalue weighted by Crippen LogP contribution is -2.48. The molecule has 2 aliphatic rings. The average molecular weight is 326 g/mol. The van der Waals surface area contributed by atoms with Crippen molar-refractivity contribution in [2.24, 2.45) is 5.73 Å². The molecule has 2 N–H and O–H groups in total. The Morgan fingerprint density at radius 1 is 1.10 bits per heavy atom. The first-order valence-electron chi connectivity index (χ1n) is 7.44. The molecule has 4 nitrogen and oxygen atoms in total. The summed E-state index contributed by atoms with van der Waals surface area (Å²) in [4.78, 5) is 16.6. The molecular weight excluding hydrogens is 297 g/mol. The predicted molar refractivity (Wildman–Crippen MR) is 87.8 cm³/mol. The normalized spacial score (nSPS) is 22.6. The number of nitrogens with two attached hydrogens (primary N) is 1. The number of hydrogen-bond donors (Lipinski definition) is 1. The Kier molecular flexibility index (Phi) is 9.81. The zero-order valence-electron chi connectivity index (χ0n) is 12.4. The minimum absolute atomic E-state index is 0. The van der Waals surface area contributed by atoms with Crippen LogP contribution in [0.3, 0.4) is 0 Å². The van der Waals surface area contributed by atoms with Crippen LogP contribution in [0.1, 0.15) is 45.4 Å². The summed E-state index contributed by atoms with van der Waals surface area (Å²) in [6.45, 7) is 6.27. The molecule has 0 radical (unpaired) electrons. The maximum atomic E-state index is 11.9. The van der Waals surface area contributed by atoms with Crippen LogP contribution in [0.5, 0.6) is 0 Å². The summed E-state index contributed by atoms with van der Waals surface area (Å²) in [5, 5.41) is 0. The van der Waals surface area contributed by atoms with Crippen LogP contribution in [0.2, 0.25) is 0 Å². The van der Waals surface area contributed by atoms with Gasteiger partial charge in [-0.3, -0.25) is 4.79 Å². The van der Waals surface area contributed by atoms with Gasteiger partial charge in [-0.2, -0.15) is 0 Å². The zero-order valence-corrected chi connectivity index (χ0v) is 14.1. The molecule has 20 heavy (non-hydrogen) atoms. The van der Waals surface area contributed by atoms with Crippen molar-refractivity contribution in [1.82, 2.24) is 9.80 Å². The molecule has 0 aromatic rings. The lowest BCUT2D eigenvalue weighted by Gasteiger charge is -2.40. The molecule has 0 aliphatic carbocycles. The molecule has 1 amide bonds. The van der Waals surface area contributed by atoms with Crippen LogP contribution in [0.4, 0.5) is 0 Å². The highest BCUT2D eigenvalue weighted by atomic mass is 35.5. The van der Waals surface area contributed by atoms with Crippen molar-refractivity contribution in [2.75, 3.05) is 26.2 Å². The Hall–Kier alpha value is -0.0300. The van der Waals surface area contributed by atoms with E-state index in [9.17, 15) is 4.79 Å². The van der Waals surface area contributed by atoms with Crippen molar-refractivity contribution in [2.45, 2.75) is 57.5 Å². The van der Waals surface area contributed by atoms with Crippen LogP contribution in [0, 0.1) is 0 Å². The van der Waals surface area contributed by atoms with Crippen molar-refractivity contribution < 1.29 is 4.79 Å². The quantitative estimate of drug-likeness (QED) is 0.863. The molecule has 0 bridgehead atoms. The molecule has 2 aliphatic heterocycles. The SMILES string of the molecule is CC(N)CC(=O)N1CCC(N2CCCCC2)CC1.Cl.Cl. The van der Waals surface area contributed by atoms with Crippen LogP contribution >= 0.6 is 24.8 Å².